The zero-order valence-electron chi connectivity index (χ0n) is 23.7. The molecule has 4 aromatic rings. The van der Waals surface area contributed by atoms with E-state index in [0.29, 0.717) is 29.1 Å². The maximum absolute atomic E-state index is 13.3. The van der Waals surface area contributed by atoms with Crippen LogP contribution in [0.1, 0.15) is 35.9 Å². The second-order valence-electron chi connectivity index (χ2n) is 9.64. The molecule has 0 aliphatic carbocycles. The van der Waals surface area contributed by atoms with Crippen molar-refractivity contribution in [3.8, 4) is 0 Å². The standard InChI is InChI=1S/C33H29N5O5S/c1-2-28(33(42)36-29-21-30(39)38(37-29)24-14-7-4-8-15-24)44-26-17-9-13-23(19-26)34-32(41)27(20-25-16-10-18-43-25)35-31(40)22-11-5-3-6-12-22/h3-20,28H,2,21H2,1H3,(H,34,41)(H,35,40)(H,36,37,42)/b27-20-. The average molecular weight is 608 g/mol. The second kappa shape index (κ2) is 14.2. The van der Waals surface area contributed by atoms with E-state index in [4.69, 9.17) is 4.42 Å². The Labute approximate surface area is 258 Å². The van der Waals surface area contributed by atoms with E-state index in [2.05, 4.69) is 21.1 Å². The van der Waals surface area contributed by atoms with Crippen molar-refractivity contribution in [1.29, 1.82) is 0 Å². The Balaban J connectivity index is 1.25. The highest BCUT2D eigenvalue weighted by atomic mass is 32.2. The van der Waals surface area contributed by atoms with Crippen molar-refractivity contribution in [2.45, 2.75) is 29.9 Å². The number of rotatable bonds is 10. The number of nitrogens with zero attached hydrogens (tertiary/aromatic N) is 2. The first kappa shape index (κ1) is 30.1. The molecule has 3 N–H and O–H groups in total. The van der Waals surface area contributed by atoms with E-state index in [1.807, 2.05) is 31.2 Å². The van der Waals surface area contributed by atoms with Crippen LogP contribution in [0.4, 0.5) is 11.4 Å². The summed E-state index contributed by atoms with van der Waals surface area (Å²) in [5, 5.41) is 13.4. The molecule has 11 heteroatoms. The zero-order chi connectivity index (χ0) is 30.9. The van der Waals surface area contributed by atoms with Crippen LogP contribution in [0.25, 0.3) is 6.08 Å². The molecule has 222 valence electrons. The number of carbonyl (C=O) groups excluding carboxylic acids is 4. The molecular weight excluding hydrogens is 578 g/mol. The predicted molar refractivity (Wildman–Crippen MR) is 170 cm³/mol. The summed E-state index contributed by atoms with van der Waals surface area (Å²) >= 11 is 1.32. The molecule has 2 heterocycles. The van der Waals surface area contributed by atoms with E-state index in [1.54, 1.807) is 72.8 Å². The molecule has 1 unspecified atom stereocenters. The molecule has 4 amide bonds. The Morgan fingerprint density at radius 1 is 0.955 bits per heavy atom. The summed E-state index contributed by atoms with van der Waals surface area (Å²) in [7, 11) is 0. The van der Waals surface area contributed by atoms with Gasteiger partial charge in [-0.1, -0.05) is 49.4 Å². The third kappa shape index (κ3) is 7.69. The topological polar surface area (TPSA) is 133 Å². The van der Waals surface area contributed by atoms with Crippen LogP contribution in [0.5, 0.6) is 0 Å². The molecule has 1 aliphatic heterocycles. The number of hydrazone groups is 1. The van der Waals surface area contributed by atoms with Gasteiger partial charge in [-0.25, -0.2) is 0 Å². The molecule has 1 aromatic heterocycles. The molecule has 0 spiro atoms. The molecule has 1 aliphatic rings. The number of thioether (sulfide) groups is 1. The summed E-state index contributed by atoms with van der Waals surface area (Å²) in [6, 6.07) is 28.0. The molecule has 44 heavy (non-hydrogen) atoms. The van der Waals surface area contributed by atoms with E-state index in [0.717, 1.165) is 4.90 Å². The quantitative estimate of drug-likeness (QED) is 0.163. The van der Waals surface area contributed by atoms with E-state index in [1.165, 1.54) is 29.1 Å². The van der Waals surface area contributed by atoms with Gasteiger partial charge in [0.15, 0.2) is 0 Å². The largest absolute Gasteiger partial charge is 0.465 e. The number of hydrogen-bond acceptors (Lipinski definition) is 7. The van der Waals surface area contributed by atoms with E-state index in [-0.39, 0.29) is 29.8 Å². The number of hydrogen-bond donors (Lipinski definition) is 3. The number of amidine groups is 1. The minimum absolute atomic E-state index is 0.00206. The van der Waals surface area contributed by atoms with E-state index < -0.39 is 17.1 Å². The fourth-order valence-corrected chi connectivity index (χ4v) is 5.30. The molecule has 0 fully saturated rings. The van der Waals surface area contributed by atoms with Crippen LogP contribution in [0.15, 0.2) is 123 Å². The zero-order valence-corrected chi connectivity index (χ0v) is 24.5. The van der Waals surface area contributed by atoms with Gasteiger partial charge in [-0.15, -0.1) is 11.8 Å². The van der Waals surface area contributed by atoms with Crippen LogP contribution in [-0.2, 0) is 14.4 Å². The van der Waals surface area contributed by atoms with Crippen molar-refractivity contribution >= 4 is 58.7 Å². The van der Waals surface area contributed by atoms with Gasteiger partial charge in [0.25, 0.3) is 17.7 Å². The van der Waals surface area contributed by atoms with Crippen LogP contribution in [0.2, 0.25) is 0 Å². The van der Waals surface area contributed by atoms with Gasteiger partial charge in [-0.05, 0) is 61.0 Å². The van der Waals surface area contributed by atoms with Gasteiger partial charge in [-0.3, -0.25) is 19.2 Å². The van der Waals surface area contributed by atoms with Gasteiger partial charge >= 0.3 is 0 Å². The lowest BCUT2D eigenvalue weighted by molar-refractivity contribution is -0.119. The van der Waals surface area contributed by atoms with Gasteiger partial charge in [-0.2, -0.15) is 10.1 Å². The Bertz CT molecular complexity index is 1700. The molecule has 0 saturated heterocycles. The van der Waals surface area contributed by atoms with Crippen molar-refractivity contribution in [3.05, 3.63) is 120 Å². The summed E-state index contributed by atoms with van der Waals surface area (Å²) in [6.45, 7) is 1.89. The van der Waals surface area contributed by atoms with E-state index >= 15 is 0 Å². The van der Waals surface area contributed by atoms with Crippen LogP contribution in [-0.4, -0.2) is 34.7 Å². The number of anilines is 2. The third-order valence-electron chi connectivity index (χ3n) is 6.44. The van der Waals surface area contributed by atoms with Crippen molar-refractivity contribution in [2.75, 3.05) is 10.3 Å². The minimum Gasteiger partial charge on any atom is -0.465 e. The highest BCUT2D eigenvalue weighted by Crippen LogP contribution is 2.28. The Morgan fingerprint density at radius 3 is 2.41 bits per heavy atom. The van der Waals surface area contributed by atoms with Crippen molar-refractivity contribution in [1.82, 2.24) is 10.6 Å². The number of carbonyl (C=O) groups is 4. The maximum atomic E-state index is 13.3. The molecule has 3 aromatic carbocycles. The minimum atomic E-state index is -0.551. The second-order valence-corrected chi connectivity index (χ2v) is 10.9. The maximum Gasteiger partial charge on any atom is 0.272 e. The molecule has 0 bridgehead atoms. The molecule has 0 saturated carbocycles. The normalized spacial score (nSPS) is 13.7. The van der Waals surface area contributed by atoms with Gasteiger partial charge in [0, 0.05) is 22.2 Å². The number of nitrogens with one attached hydrogen (secondary N) is 3. The van der Waals surface area contributed by atoms with Crippen LogP contribution < -0.4 is 21.0 Å². The highest BCUT2D eigenvalue weighted by Gasteiger charge is 2.28. The fraction of sp³-hybridized carbons (Fsp3) is 0.121. The smallest absolute Gasteiger partial charge is 0.272 e. The summed E-state index contributed by atoms with van der Waals surface area (Å²) in [5.41, 5.74) is 1.49. The summed E-state index contributed by atoms with van der Waals surface area (Å²) in [5.74, 6) is -0.816. The van der Waals surface area contributed by atoms with E-state index in [9.17, 15) is 19.2 Å². The fourth-order valence-electron chi connectivity index (χ4n) is 4.28. The van der Waals surface area contributed by atoms with Gasteiger partial charge in [0.2, 0.25) is 5.91 Å². The van der Waals surface area contributed by atoms with Gasteiger partial charge in [0.05, 0.1) is 23.6 Å². The molecule has 0 radical (unpaired) electrons. The Kier molecular flexibility index (Phi) is 9.68. The first-order valence-electron chi connectivity index (χ1n) is 13.9. The summed E-state index contributed by atoms with van der Waals surface area (Å²) < 4.78 is 5.35. The van der Waals surface area contributed by atoms with Crippen molar-refractivity contribution < 1.29 is 23.6 Å². The van der Waals surface area contributed by atoms with Crippen molar-refractivity contribution in [2.24, 2.45) is 5.10 Å². The Hall–Kier alpha value is -5.42. The monoisotopic (exact) mass is 607 g/mol. The number of amides is 4. The molecule has 10 nitrogen and oxygen atoms in total. The lowest BCUT2D eigenvalue weighted by Gasteiger charge is -2.15. The lowest BCUT2D eigenvalue weighted by Crippen LogP contribution is -2.36. The number of furan rings is 1. The summed E-state index contributed by atoms with van der Waals surface area (Å²) in [4.78, 5) is 52.5. The van der Waals surface area contributed by atoms with Crippen molar-refractivity contribution in [3.63, 3.8) is 0 Å². The SMILES string of the molecule is CCC(Sc1cccc(NC(=O)/C(=C/c2ccco2)NC(=O)c2ccccc2)c1)C(=O)NC1=NN(c2ccccc2)C(=O)C1. The van der Waals surface area contributed by atoms with Crippen LogP contribution >= 0.6 is 11.8 Å². The first-order chi connectivity index (χ1) is 21.4. The van der Waals surface area contributed by atoms with Gasteiger partial charge in [0.1, 0.15) is 17.3 Å². The van der Waals surface area contributed by atoms with Crippen LogP contribution in [0, 0.1) is 0 Å². The highest BCUT2D eigenvalue weighted by molar-refractivity contribution is 8.00. The molecule has 1 atom stereocenters. The van der Waals surface area contributed by atoms with Gasteiger partial charge < -0.3 is 20.4 Å². The number of benzene rings is 3. The summed E-state index contributed by atoms with van der Waals surface area (Å²) in [6.07, 6.45) is 3.43. The number of para-hydroxylation sites is 1. The molecule has 5 rings (SSSR count). The third-order valence-corrected chi connectivity index (χ3v) is 7.79. The predicted octanol–water partition coefficient (Wildman–Crippen LogP) is 5.43. The van der Waals surface area contributed by atoms with Crippen LogP contribution in [0.3, 0.4) is 0 Å². The first-order valence-corrected chi connectivity index (χ1v) is 14.7. The Morgan fingerprint density at radius 2 is 1.70 bits per heavy atom. The average Bonchev–Trinajstić information content (AvgIpc) is 3.69. The molecular formula is C33H29N5O5S. The lowest BCUT2D eigenvalue weighted by atomic mass is 10.2.